The maximum Gasteiger partial charge on any atom is 0.264 e. The van der Waals surface area contributed by atoms with Gasteiger partial charge in [-0.3, -0.25) is 19.7 Å². The fraction of sp³-hybridized carbons (Fsp3) is 0.385. The van der Waals surface area contributed by atoms with Gasteiger partial charge in [0.05, 0.1) is 6.61 Å². The Morgan fingerprint density at radius 2 is 1.95 bits per heavy atom. The minimum atomic E-state index is -3.89. The van der Waals surface area contributed by atoms with E-state index in [2.05, 4.69) is 0 Å². The van der Waals surface area contributed by atoms with E-state index in [-0.39, 0.29) is 24.3 Å². The van der Waals surface area contributed by atoms with Crippen LogP contribution in [0, 0.1) is 5.82 Å². The van der Waals surface area contributed by atoms with Gasteiger partial charge in [0.15, 0.2) is 14.6 Å². The number of nitrogens with one attached hydrogen (secondary N) is 1. The lowest BCUT2D eigenvalue weighted by Crippen LogP contribution is -2.49. The first kappa shape index (κ1) is 28.5. The largest absolute Gasteiger partial charge is 0.383 e. The fourth-order valence-corrected chi connectivity index (χ4v) is 4.92. The van der Waals surface area contributed by atoms with Crippen LogP contribution in [0.5, 0.6) is 0 Å². The Morgan fingerprint density at radius 3 is 2.57 bits per heavy atom. The van der Waals surface area contributed by atoms with Gasteiger partial charge in [-0.15, -0.1) is 0 Å². The molecule has 11 heteroatoms. The summed E-state index contributed by atoms with van der Waals surface area (Å²) < 4.78 is 43.8. The Kier molecular flexibility index (Phi) is 8.85. The fourth-order valence-electron chi connectivity index (χ4n) is 4.08. The molecule has 0 aliphatic carbocycles. The van der Waals surface area contributed by atoms with Crippen LogP contribution in [0.25, 0.3) is 21.9 Å². The molecule has 1 amide bonds. The predicted octanol–water partition coefficient (Wildman–Crippen LogP) is 2.58. The van der Waals surface area contributed by atoms with Gasteiger partial charge < -0.3 is 9.30 Å². The molecule has 0 aliphatic rings. The van der Waals surface area contributed by atoms with Crippen molar-refractivity contribution in [3.63, 3.8) is 0 Å². The number of aromatic nitrogens is 1. The molecule has 37 heavy (non-hydrogen) atoms. The number of amides is 1. The van der Waals surface area contributed by atoms with Crippen molar-refractivity contribution in [2.45, 2.75) is 31.2 Å². The molecule has 3 aromatic rings. The first-order valence-electron chi connectivity index (χ1n) is 11.6. The number of halogens is 1. The zero-order chi connectivity index (χ0) is 27.4. The molecule has 0 saturated carbocycles. The summed E-state index contributed by atoms with van der Waals surface area (Å²) in [5, 5.41) is 9.95. The van der Waals surface area contributed by atoms with Crippen molar-refractivity contribution in [3.05, 3.63) is 70.4 Å². The number of nitrogens with zero attached hydrogens (tertiary/aromatic N) is 2. The minimum Gasteiger partial charge on any atom is -0.383 e. The van der Waals surface area contributed by atoms with Gasteiger partial charge in [0, 0.05) is 50.1 Å². The molecule has 0 fully saturated rings. The monoisotopic (exact) mass is 533 g/mol. The van der Waals surface area contributed by atoms with Gasteiger partial charge in [-0.05, 0) is 61.2 Å². The smallest absolute Gasteiger partial charge is 0.264 e. The van der Waals surface area contributed by atoms with Crippen molar-refractivity contribution in [2.75, 3.05) is 33.6 Å². The van der Waals surface area contributed by atoms with E-state index in [0.29, 0.717) is 35.1 Å². The van der Waals surface area contributed by atoms with Crippen molar-refractivity contribution in [1.29, 1.82) is 0 Å². The van der Waals surface area contributed by atoms with E-state index in [1.165, 1.54) is 29.2 Å². The van der Waals surface area contributed by atoms with Crippen molar-refractivity contribution in [1.82, 2.24) is 14.9 Å². The molecular weight excluding hydrogens is 501 g/mol. The molecule has 9 nitrogen and oxygen atoms in total. The Labute approximate surface area is 215 Å². The van der Waals surface area contributed by atoms with Crippen LogP contribution in [0.1, 0.15) is 18.9 Å². The second kappa shape index (κ2) is 11.5. The van der Waals surface area contributed by atoms with Crippen molar-refractivity contribution in [2.24, 2.45) is 0 Å². The van der Waals surface area contributed by atoms with Crippen LogP contribution in [-0.4, -0.2) is 67.3 Å². The Balaban J connectivity index is 1.85. The number of hydroxylamine groups is 1. The van der Waals surface area contributed by atoms with E-state index in [1.54, 1.807) is 37.4 Å². The average Bonchev–Trinajstić information content (AvgIpc) is 2.85. The summed E-state index contributed by atoms with van der Waals surface area (Å²) in [5.41, 5.74) is 2.88. The topological polar surface area (TPSA) is 118 Å². The number of pyridine rings is 1. The lowest BCUT2D eigenvalue weighted by Gasteiger charge is -2.25. The van der Waals surface area contributed by atoms with E-state index >= 15 is 0 Å². The minimum absolute atomic E-state index is 0.0670. The molecule has 1 atom stereocenters. The van der Waals surface area contributed by atoms with Crippen LogP contribution in [0.2, 0.25) is 0 Å². The number of ether oxygens (including phenoxy) is 1. The lowest BCUT2D eigenvalue weighted by molar-refractivity contribution is -0.131. The maximum atomic E-state index is 15.0. The van der Waals surface area contributed by atoms with E-state index in [9.17, 15) is 22.4 Å². The van der Waals surface area contributed by atoms with Crippen LogP contribution in [0.15, 0.2) is 53.5 Å². The number of rotatable bonds is 11. The first-order valence-corrected chi connectivity index (χ1v) is 13.5. The molecule has 3 rings (SSSR count). The highest BCUT2D eigenvalue weighted by Crippen LogP contribution is 2.27. The summed E-state index contributed by atoms with van der Waals surface area (Å²) in [4.78, 5) is 27.1. The van der Waals surface area contributed by atoms with Gasteiger partial charge in [0.1, 0.15) is 5.82 Å². The molecule has 1 heterocycles. The molecule has 2 N–H and O–H groups in total. The molecule has 0 radical (unpaired) electrons. The SMILES string of the molecule is COCCN(C)Cc1ccc(-c2ccc3c(=O)n(CCC(C)(C(=O)NO)S(C)(=O)=O)ccc3c2)c(F)c1. The van der Waals surface area contributed by atoms with Crippen molar-refractivity contribution in [3.8, 4) is 11.1 Å². The number of methoxy groups -OCH3 is 1. The molecule has 0 bridgehead atoms. The summed E-state index contributed by atoms with van der Waals surface area (Å²) in [6, 6.07) is 11.8. The highest BCUT2D eigenvalue weighted by Gasteiger charge is 2.43. The zero-order valence-electron chi connectivity index (χ0n) is 21.3. The van der Waals surface area contributed by atoms with Gasteiger partial charge in [0.2, 0.25) is 0 Å². The Bertz CT molecular complexity index is 1460. The number of likely N-dealkylation sites (N-methyl/N-ethyl adjacent to an activating group) is 1. The highest BCUT2D eigenvalue weighted by atomic mass is 32.2. The average molecular weight is 534 g/mol. The third-order valence-electron chi connectivity index (χ3n) is 6.68. The summed E-state index contributed by atoms with van der Waals surface area (Å²) in [6.45, 7) is 3.03. The third-order valence-corrected chi connectivity index (χ3v) is 8.71. The van der Waals surface area contributed by atoms with Crippen LogP contribution in [0.4, 0.5) is 4.39 Å². The quantitative estimate of drug-likeness (QED) is 0.287. The Morgan fingerprint density at radius 1 is 1.22 bits per heavy atom. The summed E-state index contributed by atoms with van der Waals surface area (Å²) in [7, 11) is -0.319. The molecule has 200 valence electrons. The van der Waals surface area contributed by atoms with E-state index in [1.807, 2.05) is 18.0 Å². The molecular formula is C26H32FN3O6S. The van der Waals surface area contributed by atoms with Crippen LogP contribution in [-0.2, 0) is 32.5 Å². The molecule has 0 spiro atoms. The van der Waals surface area contributed by atoms with Crippen LogP contribution in [0.3, 0.4) is 0 Å². The Hall–Kier alpha value is -3.12. The van der Waals surface area contributed by atoms with Gasteiger partial charge in [-0.25, -0.2) is 18.3 Å². The molecule has 0 saturated heterocycles. The summed E-state index contributed by atoms with van der Waals surface area (Å²) in [6.07, 6.45) is 2.18. The lowest BCUT2D eigenvalue weighted by atomic mass is 10.00. The zero-order valence-corrected chi connectivity index (χ0v) is 22.1. The maximum absolute atomic E-state index is 15.0. The number of carbonyl (C=O) groups is 1. The molecule has 0 aliphatic heterocycles. The van der Waals surface area contributed by atoms with Gasteiger partial charge in [-0.2, -0.15) is 0 Å². The van der Waals surface area contributed by atoms with E-state index in [0.717, 1.165) is 18.4 Å². The van der Waals surface area contributed by atoms with Gasteiger partial charge in [-0.1, -0.05) is 18.2 Å². The predicted molar refractivity (Wildman–Crippen MR) is 140 cm³/mol. The normalized spacial score (nSPS) is 13.6. The number of hydrogen-bond donors (Lipinski definition) is 2. The van der Waals surface area contributed by atoms with Crippen LogP contribution >= 0.6 is 0 Å². The molecule has 2 aromatic carbocycles. The summed E-state index contributed by atoms with van der Waals surface area (Å²) in [5.74, 6) is -1.43. The summed E-state index contributed by atoms with van der Waals surface area (Å²) >= 11 is 0. The number of carbonyl (C=O) groups excluding carboxylic acids is 1. The number of fused-ring (bicyclic) bond motifs is 1. The number of benzene rings is 2. The van der Waals surface area contributed by atoms with Gasteiger partial charge >= 0.3 is 0 Å². The first-order chi connectivity index (χ1) is 17.4. The van der Waals surface area contributed by atoms with Crippen LogP contribution < -0.4 is 11.0 Å². The highest BCUT2D eigenvalue weighted by molar-refractivity contribution is 7.92. The second-order valence-corrected chi connectivity index (χ2v) is 11.8. The van der Waals surface area contributed by atoms with E-state index < -0.39 is 20.5 Å². The van der Waals surface area contributed by atoms with E-state index in [4.69, 9.17) is 9.94 Å². The standard InChI is InChI=1S/C26H32FN3O6S/c1-26(25(32)28-33,37(4,34)35)10-12-30-11-9-20-16-19(6-8-22(20)24(30)31)21-7-5-18(15-23(21)27)17-29(2)13-14-36-3/h5-9,11,15-16,33H,10,12-14,17H2,1-4H3,(H,28,32). The molecule has 1 unspecified atom stereocenters. The number of sulfone groups is 1. The third kappa shape index (κ3) is 6.24. The number of aryl methyl sites for hydroxylation is 1. The van der Waals surface area contributed by atoms with Crippen molar-refractivity contribution >= 4 is 26.5 Å². The van der Waals surface area contributed by atoms with Crippen molar-refractivity contribution < 1.29 is 27.5 Å². The molecule has 1 aromatic heterocycles. The van der Waals surface area contributed by atoms with Gasteiger partial charge in [0.25, 0.3) is 11.5 Å². The number of hydrogen-bond acceptors (Lipinski definition) is 7. The second-order valence-electron chi connectivity index (χ2n) is 9.36.